The minimum absolute atomic E-state index is 0.0887. The van der Waals surface area contributed by atoms with Crippen LogP contribution < -0.4 is 5.32 Å². The predicted molar refractivity (Wildman–Crippen MR) is 186 cm³/mol. The first kappa shape index (κ1) is 42.5. The van der Waals surface area contributed by atoms with Crippen LogP contribution in [-0.4, -0.2) is 130 Å². The number of nitrogens with one attached hydrogen (secondary N) is 1. The molecule has 3 aliphatic rings. The molecule has 2 aliphatic heterocycles. The lowest BCUT2D eigenvalue weighted by atomic mass is 9.78. The van der Waals surface area contributed by atoms with E-state index < -0.39 is 84.3 Å². The number of ether oxygens (including phenoxy) is 4. The summed E-state index contributed by atoms with van der Waals surface area (Å²) in [5.74, 6) is -1.83. The van der Waals surface area contributed by atoms with Crippen molar-refractivity contribution >= 4 is 5.97 Å². The molecule has 0 amide bonds. The lowest BCUT2D eigenvalue weighted by molar-refractivity contribution is -0.279. The largest absolute Gasteiger partial charge is 0.459 e. The Kier molecular flexibility index (Phi) is 15.4. The fourth-order valence-corrected chi connectivity index (χ4v) is 8.05. The first-order valence-electron chi connectivity index (χ1n) is 18.7. The summed E-state index contributed by atoms with van der Waals surface area (Å²) in [7, 11) is 3.99. The Morgan fingerprint density at radius 2 is 1.69 bits per heavy atom. The zero-order valence-corrected chi connectivity index (χ0v) is 32.0. The highest BCUT2D eigenvalue weighted by molar-refractivity contribution is 5.73. The zero-order valence-electron chi connectivity index (χ0n) is 32.0. The number of nitrogens with zero attached hydrogens (tertiary/aromatic N) is 1. The third-order valence-corrected chi connectivity index (χ3v) is 11.5. The molecule has 6 N–H and O–H groups in total. The number of cyclic esters (lactones) is 1. The normalized spacial score (nSPS) is 44.9. The van der Waals surface area contributed by atoms with Crippen LogP contribution in [-0.2, 0) is 23.7 Å². The fourth-order valence-electron chi connectivity index (χ4n) is 8.05. The van der Waals surface area contributed by atoms with E-state index >= 15 is 0 Å². The Balaban J connectivity index is 2.04. The Hall–Kier alpha value is -0.930. The molecule has 2 heterocycles. The molecule has 0 spiro atoms. The van der Waals surface area contributed by atoms with Gasteiger partial charge in [-0.2, -0.15) is 0 Å². The van der Waals surface area contributed by atoms with E-state index in [-0.39, 0.29) is 30.7 Å². The van der Waals surface area contributed by atoms with Gasteiger partial charge in [0.05, 0.1) is 35.9 Å². The standard InChI is InChI=1S/C37H70N2O10/c1-12-28-37(9,45)33(42)24(6)38-19-20(2)18-36(8,44)34(48-29(40)17-27(39(10)11)16-26-13-14-26)22(4)32(23(5)35(43)47-28)49-30-15-21(3)31(41)25(7)46-30/h20-34,38,40-42,44-45H,12-19H2,1-11H3. The fraction of sp³-hybridized carbons (Fsp3) is 0.973. The van der Waals surface area contributed by atoms with Gasteiger partial charge in [-0.3, -0.25) is 4.79 Å². The van der Waals surface area contributed by atoms with Crippen LogP contribution in [0.1, 0.15) is 107 Å². The van der Waals surface area contributed by atoms with Gasteiger partial charge in [-0.15, -0.1) is 0 Å². The van der Waals surface area contributed by atoms with Crippen molar-refractivity contribution in [2.75, 3.05) is 20.6 Å². The molecule has 0 aromatic heterocycles. The molecule has 0 aromatic carbocycles. The van der Waals surface area contributed by atoms with Crippen molar-refractivity contribution in [1.29, 1.82) is 0 Å². The van der Waals surface area contributed by atoms with E-state index in [0.29, 0.717) is 25.3 Å². The predicted octanol–water partition coefficient (Wildman–Crippen LogP) is 2.80. The monoisotopic (exact) mass is 703 g/mol. The van der Waals surface area contributed by atoms with Crippen LogP contribution in [0.4, 0.5) is 0 Å². The summed E-state index contributed by atoms with van der Waals surface area (Å²) >= 11 is 0. The molecule has 16 atom stereocenters. The molecule has 288 valence electrons. The van der Waals surface area contributed by atoms with Gasteiger partial charge in [0, 0.05) is 30.8 Å². The quantitative estimate of drug-likeness (QED) is 0.146. The minimum atomic E-state index is -1.76. The van der Waals surface area contributed by atoms with Gasteiger partial charge in [-0.25, -0.2) is 0 Å². The highest BCUT2D eigenvalue weighted by atomic mass is 16.7. The average molecular weight is 703 g/mol. The van der Waals surface area contributed by atoms with E-state index in [4.69, 9.17) is 18.9 Å². The molecule has 3 fully saturated rings. The number of carbonyl (C=O) groups is 1. The van der Waals surface area contributed by atoms with Crippen LogP contribution >= 0.6 is 0 Å². The summed E-state index contributed by atoms with van der Waals surface area (Å²) in [6, 6.07) is -0.468. The molecule has 12 nitrogen and oxygen atoms in total. The number of hydrogen-bond acceptors (Lipinski definition) is 12. The Morgan fingerprint density at radius 3 is 2.24 bits per heavy atom. The van der Waals surface area contributed by atoms with Crippen LogP contribution in [0.5, 0.6) is 0 Å². The highest BCUT2D eigenvalue weighted by Gasteiger charge is 2.49. The lowest BCUT2D eigenvalue weighted by Gasteiger charge is -2.45. The number of rotatable bonds is 10. The topological polar surface area (TPSA) is 170 Å². The molecule has 2 saturated heterocycles. The van der Waals surface area contributed by atoms with Gasteiger partial charge >= 0.3 is 5.97 Å². The minimum Gasteiger partial charge on any atom is -0.459 e. The van der Waals surface area contributed by atoms with Crippen molar-refractivity contribution in [3.8, 4) is 0 Å². The molecule has 0 bridgehead atoms. The smallest absolute Gasteiger partial charge is 0.311 e. The summed E-state index contributed by atoms with van der Waals surface area (Å²) < 4.78 is 25.1. The van der Waals surface area contributed by atoms with Gasteiger partial charge in [0.1, 0.15) is 17.8 Å². The summed E-state index contributed by atoms with van der Waals surface area (Å²) in [4.78, 5) is 16.1. The second-order valence-corrected chi connectivity index (χ2v) is 16.6. The maximum atomic E-state index is 14.0. The molecule has 3 rings (SSSR count). The van der Waals surface area contributed by atoms with Crippen molar-refractivity contribution in [2.45, 2.75) is 180 Å². The van der Waals surface area contributed by atoms with Crippen LogP contribution in [0, 0.1) is 29.6 Å². The van der Waals surface area contributed by atoms with E-state index in [1.807, 2.05) is 34.9 Å². The van der Waals surface area contributed by atoms with Crippen LogP contribution in [0.2, 0.25) is 0 Å². The van der Waals surface area contributed by atoms with E-state index in [1.165, 1.54) is 19.8 Å². The van der Waals surface area contributed by atoms with Gasteiger partial charge in [0.2, 0.25) is 0 Å². The maximum Gasteiger partial charge on any atom is 0.311 e. The second kappa shape index (κ2) is 17.7. The van der Waals surface area contributed by atoms with Crippen LogP contribution in [0.15, 0.2) is 0 Å². The number of aliphatic hydroxyl groups excluding tert-OH is 3. The van der Waals surface area contributed by atoms with E-state index in [9.17, 15) is 30.3 Å². The molecule has 49 heavy (non-hydrogen) atoms. The average Bonchev–Trinajstić information content (AvgIpc) is 3.84. The lowest BCUT2D eigenvalue weighted by Crippen LogP contribution is -2.58. The first-order chi connectivity index (χ1) is 22.7. The second-order valence-electron chi connectivity index (χ2n) is 16.6. The third-order valence-electron chi connectivity index (χ3n) is 11.5. The summed E-state index contributed by atoms with van der Waals surface area (Å²) in [6.07, 6.45) is -2.72. The molecular formula is C37H70N2O10. The summed E-state index contributed by atoms with van der Waals surface area (Å²) in [5.41, 5.74) is -3.25. The summed E-state index contributed by atoms with van der Waals surface area (Å²) in [6.45, 7) is 16.3. The maximum absolute atomic E-state index is 14.0. The van der Waals surface area contributed by atoms with Gasteiger partial charge in [0.25, 0.3) is 0 Å². The third kappa shape index (κ3) is 11.3. The molecule has 1 saturated carbocycles. The molecule has 16 unspecified atom stereocenters. The SMILES string of the molecule is CCC1OC(=O)C(C)C(OC2CC(C)C(O)C(C)O2)C(C)C(OC(O)CC(CC2CC2)N(C)C)C(C)(O)CC(C)CNC(C)C(O)C1(C)O. The van der Waals surface area contributed by atoms with Crippen molar-refractivity contribution in [3.05, 3.63) is 0 Å². The van der Waals surface area contributed by atoms with Crippen LogP contribution in [0.3, 0.4) is 0 Å². The van der Waals surface area contributed by atoms with Crippen LogP contribution in [0.25, 0.3) is 0 Å². The number of aliphatic hydroxyl groups is 5. The molecular weight excluding hydrogens is 632 g/mol. The highest BCUT2D eigenvalue weighted by Crippen LogP contribution is 2.39. The molecule has 0 aromatic rings. The Labute approximate surface area is 295 Å². The van der Waals surface area contributed by atoms with Gasteiger partial charge in [0.15, 0.2) is 12.6 Å². The van der Waals surface area contributed by atoms with Gasteiger partial charge < -0.3 is 54.7 Å². The molecule has 1 aliphatic carbocycles. The van der Waals surface area contributed by atoms with E-state index in [0.717, 1.165) is 6.42 Å². The van der Waals surface area contributed by atoms with Crippen molar-refractivity contribution < 1.29 is 49.3 Å². The molecule has 12 heteroatoms. The first-order valence-corrected chi connectivity index (χ1v) is 18.7. The number of carbonyl (C=O) groups excluding carboxylic acids is 1. The van der Waals surface area contributed by atoms with Gasteiger partial charge in [-0.1, -0.05) is 40.5 Å². The number of esters is 1. The van der Waals surface area contributed by atoms with Gasteiger partial charge in [-0.05, 0) is 92.3 Å². The van der Waals surface area contributed by atoms with Crippen molar-refractivity contribution in [2.24, 2.45) is 29.6 Å². The Bertz CT molecular complexity index is 1010. The van der Waals surface area contributed by atoms with Crippen molar-refractivity contribution in [1.82, 2.24) is 10.2 Å². The van der Waals surface area contributed by atoms with E-state index in [2.05, 4.69) is 10.2 Å². The Morgan fingerprint density at radius 1 is 1.06 bits per heavy atom. The summed E-state index contributed by atoms with van der Waals surface area (Å²) in [5, 5.41) is 60.4. The zero-order chi connectivity index (χ0) is 37.0. The van der Waals surface area contributed by atoms with E-state index in [1.54, 1.807) is 34.6 Å². The van der Waals surface area contributed by atoms with Crippen molar-refractivity contribution in [3.63, 3.8) is 0 Å². The molecule has 0 radical (unpaired) electrons. The number of hydrogen-bond donors (Lipinski definition) is 6.